The van der Waals surface area contributed by atoms with Crippen LogP contribution >= 0.6 is 23.2 Å². The summed E-state index contributed by atoms with van der Waals surface area (Å²) in [5, 5.41) is 6.37. The summed E-state index contributed by atoms with van der Waals surface area (Å²) in [5.74, 6) is -0.523. The Labute approximate surface area is 166 Å². The first kappa shape index (κ1) is 19.2. The van der Waals surface area contributed by atoms with Gasteiger partial charge in [-0.3, -0.25) is 14.5 Å². The van der Waals surface area contributed by atoms with Crippen molar-refractivity contribution in [3.8, 4) is 0 Å². The minimum absolute atomic E-state index is 0.0183. The number of amides is 4. The standard InChI is InChI=1S/C19H17Cl2N3O3/c1-11(15-7-6-14(20)8-16(15)21)23-18(26)13-4-2-12(3-5-13)10-24-17(25)9-22-19(24)27/h2-8,11H,9-10H2,1H3,(H,22,27)(H,23,26). The molecule has 2 aromatic rings. The molecule has 1 unspecified atom stereocenters. The lowest BCUT2D eigenvalue weighted by Crippen LogP contribution is -2.30. The third-order valence-corrected chi connectivity index (χ3v) is 4.83. The molecule has 1 heterocycles. The molecule has 0 aromatic heterocycles. The number of imide groups is 1. The van der Waals surface area contributed by atoms with E-state index in [2.05, 4.69) is 10.6 Å². The van der Waals surface area contributed by atoms with Crippen LogP contribution < -0.4 is 10.6 Å². The molecule has 8 heteroatoms. The van der Waals surface area contributed by atoms with Crippen LogP contribution in [0.1, 0.15) is 34.5 Å². The topological polar surface area (TPSA) is 78.5 Å². The summed E-state index contributed by atoms with van der Waals surface area (Å²) in [7, 11) is 0. The monoisotopic (exact) mass is 405 g/mol. The van der Waals surface area contributed by atoms with Crippen LogP contribution in [0, 0.1) is 0 Å². The molecule has 140 valence electrons. The highest BCUT2D eigenvalue weighted by Crippen LogP contribution is 2.26. The molecule has 1 atom stereocenters. The molecule has 27 heavy (non-hydrogen) atoms. The van der Waals surface area contributed by atoms with Crippen molar-refractivity contribution in [2.24, 2.45) is 0 Å². The number of nitrogens with zero attached hydrogens (tertiary/aromatic N) is 1. The van der Waals surface area contributed by atoms with Crippen molar-refractivity contribution in [1.82, 2.24) is 15.5 Å². The molecule has 0 bridgehead atoms. The molecule has 1 aliphatic heterocycles. The number of urea groups is 1. The number of hydrogen-bond donors (Lipinski definition) is 2. The van der Waals surface area contributed by atoms with Gasteiger partial charge in [0.05, 0.1) is 19.1 Å². The minimum Gasteiger partial charge on any atom is -0.345 e. The average molecular weight is 406 g/mol. The van der Waals surface area contributed by atoms with E-state index in [1.807, 2.05) is 6.92 Å². The first-order chi connectivity index (χ1) is 12.8. The fourth-order valence-electron chi connectivity index (χ4n) is 2.77. The van der Waals surface area contributed by atoms with Crippen LogP contribution in [0.4, 0.5) is 4.79 Å². The second-order valence-electron chi connectivity index (χ2n) is 6.20. The van der Waals surface area contributed by atoms with Gasteiger partial charge in [0.1, 0.15) is 0 Å². The molecule has 2 N–H and O–H groups in total. The van der Waals surface area contributed by atoms with Gasteiger partial charge in [-0.1, -0.05) is 41.4 Å². The van der Waals surface area contributed by atoms with Crippen molar-refractivity contribution < 1.29 is 14.4 Å². The van der Waals surface area contributed by atoms with Crippen LogP contribution in [-0.2, 0) is 11.3 Å². The summed E-state index contributed by atoms with van der Waals surface area (Å²) in [6.45, 7) is 2.02. The number of carbonyl (C=O) groups is 3. The second-order valence-corrected chi connectivity index (χ2v) is 7.04. The summed E-state index contributed by atoms with van der Waals surface area (Å²) in [6.07, 6.45) is 0. The summed E-state index contributed by atoms with van der Waals surface area (Å²) < 4.78 is 0. The maximum atomic E-state index is 12.5. The normalized spacial score (nSPS) is 14.9. The third kappa shape index (κ3) is 4.40. The van der Waals surface area contributed by atoms with Crippen molar-refractivity contribution in [2.75, 3.05) is 6.54 Å². The van der Waals surface area contributed by atoms with E-state index in [0.29, 0.717) is 15.6 Å². The van der Waals surface area contributed by atoms with Crippen molar-refractivity contribution in [1.29, 1.82) is 0 Å². The van der Waals surface area contributed by atoms with E-state index in [4.69, 9.17) is 23.2 Å². The van der Waals surface area contributed by atoms with E-state index in [1.54, 1.807) is 42.5 Å². The molecule has 0 aliphatic carbocycles. The first-order valence-corrected chi connectivity index (χ1v) is 9.03. The van der Waals surface area contributed by atoms with Crippen molar-refractivity contribution in [3.05, 3.63) is 69.2 Å². The lowest BCUT2D eigenvalue weighted by atomic mass is 10.1. The van der Waals surface area contributed by atoms with Gasteiger partial charge in [-0.05, 0) is 42.3 Å². The molecule has 6 nitrogen and oxygen atoms in total. The van der Waals surface area contributed by atoms with E-state index in [0.717, 1.165) is 16.0 Å². The highest BCUT2D eigenvalue weighted by atomic mass is 35.5. The summed E-state index contributed by atoms with van der Waals surface area (Å²) >= 11 is 12.1. The van der Waals surface area contributed by atoms with E-state index in [9.17, 15) is 14.4 Å². The van der Waals surface area contributed by atoms with E-state index in [-0.39, 0.29) is 30.9 Å². The van der Waals surface area contributed by atoms with Crippen LogP contribution in [0.2, 0.25) is 10.0 Å². The lowest BCUT2D eigenvalue weighted by Gasteiger charge is -2.16. The number of benzene rings is 2. The smallest absolute Gasteiger partial charge is 0.324 e. The number of carbonyl (C=O) groups excluding carboxylic acids is 3. The fraction of sp³-hybridized carbons (Fsp3) is 0.211. The molecule has 0 radical (unpaired) electrons. The Morgan fingerprint density at radius 3 is 2.48 bits per heavy atom. The van der Waals surface area contributed by atoms with Gasteiger partial charge in [0.2, 0.25) is 5.91 Å². The van der Waals surface area contributed by atoms with E-state index in [1.165, 1.54) is 0 Å². The highest BCUT2D eigenvalue weighted by Gasteiger charge is 2.28. The average Bonchev–Trinajstić information content (AvgIpc) is 2.94. The molecule has 1 aliphatic rings. The zero-order valence-corrected chi connectivity index (χ0v) is 16.0. The van der Waals surface area contributed by atoms with Crippen molar-refractivity contribution in [2.45, 2.75) is 19.5 Å². The van der Waals surface area contributed by atoms with Crippen LogP contribution in [0.3, 0.4) is 0 Å². The van der Waals surface area contributed by atoms with E-state index >= 15 is 0 Å². The molecular weight excluding hydrogens is 389 g/mol. The van der Waals surface area contributed by atoms with Crippen molar-refractivity contribution in [3.63, 3.8) is 0 Å². The van der Waals surface area contributed by atoms with Crippen molar-refractivity contribution >= 4 is 41.0 Å². The molecule has 3 rings (SSSR count). The third-order valence-electron chi connectivity index (χ3n) is 4.27. The largest absolute Gasteiger partial charge is 0.345 e. The predicted molar refractivity (Wildman–Crippen MR) is 103 cm³/mol. The van der Waals surface area contributed by atoms with Crippen LogP contribution in [0.15, 0.2) is 42.5 Å². The maximum Gasteiger partial charge on any atom is 0.324 e. The number of hydrogen-bond acceptors (Lipinski definition) is 3. The molecule has 0 saturated carbocycles. The molecule has 1 fully saturated rings. The maximum absolute atomic E-state index is 12.5. The SMILES string of the molecule is CC(NC(=O)c1ccc(CN2C(=O)CNC2=O)cc1)c1ccc(Cl)cc1Cl. The zero-order chi connectivity index (χ0) is 19.6. The second kappa shape index (κ2) is 7.98. The minimum atomic E-state index is -0.407. The molecule has 2 aromatic carbocycles. The Morgan fingerprint density at radius 2 is 1.89 bits per heavy atom. The highest BCUT2D eigenvalue weighted by molar-refractivity contribution is 6.35. The number of nitrogens with one attached hydrogen (secondary N) is 2. The zero-order valence-electron chi connectivity index (χ0n) is 14.5. The molecule has 0 spiro atoms. The van der Waals surface area contributed by atoms with E-state index < -0.39 is 6.03 Å². The van der Waals surface area contributed by atoms with Gasteiger partial charge in [0.15, 0.2) is 0 Å². The van der Waals surface area contributed by atoms with Gasteiger partial charge in [-0.2, -0.15) is 0 Å². The molecule has 1 saturated heterocycles. The Morgan fingerprint density at radius 1 is 1.19 bits per heavy atom. The Balaban J connectivity index is 1.65. The Hall–Kier alpha value is -2.57. The first-order valence-electron chi connectivity index (χ1n) is 8.28. The molecular formula is C19H17Cl2N3O3. The van der Waals surface area contributed by atoms with Gasteiger partial charge in [0, 0.05) is 15.6 Å². The lowest BCUT2D eigenvalue weighted by molar-refractivity contribution is -0.125. The van der Waals surface area contributed by atoms with Crippen LogP contribution in [0.25, 0.3) is 0 Å². The van der Waals surface area contributed by atoms with Gasteiger partial charge in [0.25, 0.3) is 5.91 Å². The summed E-state index contributed by atoms with van der Waals surface area (Å²) in [6, 6.07) is 11.2. The van der Waals surface area contributed by atoms with Gasteiger partial charge in [-0.15, -0.1) is 0 Å². The van der Waals surface area contributed by atoms with Crippen LogP contribution in [-0.4, -0.2) is 29.3 Å². The Kier molecular flexibility index (Phi) is 5.68. The molecule has 4 amide bonds. The van der Waals surface area contributed by atoms with Gasteiger partial charge in [-0.25, -0.2) is 4.79 Å². The predicted octanol–water partition coefficient (Wildman–Crippen LogP) is 3.54. The summed E-state index contributed by atoms with van der Waals surface area (Å²) in [5.41, 5.74) is 1.99. The van der Waals surface area contributed by atoms with Crippen LogP contribution in [0.5, 0.6) is 0 Å². The summed E-state index contributed by atoms with van der Waals surface area (Å²) in [4.78, 5) is 36.8. The number of rotatable bonds is 5. The Bertz CT molecular complexity index is 884. The number of halogens is 2. The van der Waals surface area contributed by atoms with Gasteiger partial charge < -0.3 is 10.6 Å². The van der Waals surface area contributed by atoms with Gasteiger partial charge >= 0.3 is 6.03 Å². The quantitative estimate of drug-likeness (QED) is 0.746. The fourth-order valence-corrected chi connectivity index (χ4v) is 3.34.